The lowest BCUT2D eigenvalue weighted by Gasteiger charge is -2.27. The Hall–Kier alpha value is -0.0800. The Balaban J connectivity index is 2.05. The molecule has 0 aromatic carbocycles. The summed E-state index contributed by atoms with van der Waals surface area (Å²) in [4.78, 5) is 4.54. The summed E-state index contributed by atoms with van der Waals surface area (Å²) in [6.07, 6.45) is 4.21. The molecule has 1 heterocycles. The second kappa shape index (κ2) is 4.73. The van der Waals surface area contributed by atoms with Crippen LogP contribution in [0.3, 0.4) is 0 Å². The molecule has 0 unspecified atom stereocenters. The van der Waals surface area contributed by atoms with Gasteiger partial charge in [0.2, 0.25) is 0 Å². The Kier molecular flexibility index (Phi) is 3.87. The predicted molar refractivity (Wildman–Crippen MR) is 48.3 cm³/mol. The van der Waals surface area contributed by atoms with Crippen LogP contribution >= 0.6 is 0 Å². The van der Waals surface area contributed by atoms with Crippen LogP contribution in [0.4, 0.5) is 0 Å². The van der Waals surface area contributed by atoms with Gasteiger partial charge in [-0.2, -0.15) is 0 Å². The zero-order valence-corrected chi connectivity index (χ0v) is 7.55. The Labute approximate surface area is 70.2 Å². The summed E-state index contributed by atoms with van der Waals surface area (Å²) >= 11 is 0. The van der Waals surface area contributed by atoms with Gasteiger partial charge in [-0.05, 0) is 33.0 Å². The molecule has 0 aromatic heterocycles. The lowest BCUT2D eigenvalue weighted by Crippen LogP contribution is -2.35. The van der Waals surface area contributed by atoms with E-state index in [9.17, 15) is 0 Å². The summed E-state index contributed by atoms with van der Waals surface area (Å²) in [6, 6.07) is 0. The van der Waals surface area contributed by atoms with E-state index in [0.717, 1.165) is 6.54 Å². The number of likely N-dealkylation sites (tertiary alicyclic amines) is 1. The van der Waals surface area contributed by atoms with Crippen molar-refractivity contribution in [2.75, 3.05) is 33.2 Å². The summed E-state index contributed by atoms with van der Waals surface area (Å²) in [6.45, 7) is 4.89. The molecule has 1 fully saturated rings. The molecular formula is C9H19N2. The van der Waals surface area contributed by atoms with Gasteiger partial charge in [-0.1, -0.05) is 6.42 Å². The molecule has 0 amide bonds. The zero-order valence-electron chi connectivity index (χ0n) is 7.55. The first kappa shape index (κ1) is 9.01. The first-order valence-electron chi connectivity index (χ1n) is 4.53. The quantitative estimate of drug-likeness (QED) is 0.604. The fourth-order valence-electron chi connectivity index (χ4n) is 1.50. The van der Waals surface area contributed by atoms with E-state index in [1.54, 1.807) is 0 Å². The highest BCUT2D eigenvalue weighted by Crippen LogP contribution is 2.07. The van der Waals surface area contributed by atoms with Gasteiger partial charge in [0, 0.05) is 20.1 Å². The van der Waals surface area contributed by atoms with Gasteiger partial charge in [0.15, 0.2) is 0 Å². The monoisotopic (exact) mass is 155 g/mol. The van der Waals surface area contributed by atoms with Gasteiger partial charge in [0.05, 0.1) is 0 Å². The van der Waals surface area contributed by atoms with Crippen molar-refractivity contribution in [2.24, 2.45) is 0 Å². The van der Waals surface area contributed by atoms with Gasteiger partial charge < -0.3 is 9.80 Å². The number of hydrogen-bond acceptors (Lipinski definition) is 2. The van der Waals surface area contributed by atoms with Crippen LogP contribution in [-0.4, -0.2) is 43.0 Å². The van der Waals surface area contributed by atoms with Crippen molar-refractivity contribution in [3.8, 4) is 0 Å². The maximum Gasteiger partial charge on any atom is 0.0109 e. The molecule has 1 aliphatic rings. The molecule has 0 bridgehead atoms. The SMILES string of the molecule is [CH2]N(C)CCN1CCCCC1. The van der Waals surface area contributed by atoms with Crippen molar-refractivity contribution in [1.29, 1.82) is 0 Å². The van der Waals surface area contributed by atoms with E-state index in [0.29, 0.717) is 0 Å². The van der Waals surface area contributed by atoms with Crippen LogP contribution in [0.2, 0.25) is 0 Å². The van der Waals surface area contributed by atoms with E-state index in [1.165, 1.54) is 38.9 Å². The molecule has 0 aliphatic carbocycles. The molecule has 0 atom stereocenters. The average molecular weight is 155 g/mol. The van der Waals surface area contributed by atoms with Crippen molar-refractivity contribution in [1.82, 2.24) is 9.80 Å². The maximum absolute atomic E-state index is 3.83. The summed E-state index contributed by atoms with van der Waals surface area (Å²) in [7, 11) is 5.86. The van der Waals surface area contributed by atoms with Crippen LogP contribution in [0, 0.1) is 7.05 Å². The van der Waals surface area contributed by atoms with Gasteiger partial charge in [0.1, 0.15) is 0 Å². The Bertz CT molecular complexity index is 95.7. The van der Waals surface area contributed by atoms with E-state index in [1.807, 2.05) is 11.9 Å². The van der Waals surface area contributed by atoms with E-state index < -0.39 is 0 Å². The van der Waals surface area contributed by atoms with E-state index in [-0.39, 0.29) is 0 Å². The van der Waals surface area contributed by atoms with Crippen LogP contribution < -0.4 is 0 Å². The van der Waals surface area contributed by atoms with E-state index >= 15 is 0 Å². The number of piperidine rings is 1. The average Bonchev–Trinajstić information content (AvgIpc) is 2.03. The van der Waals surface area contributed by atoms with Crippen LogP contribution in [0.1, 0.15) is 19.3 Å². The highest BCUT2D eigenvalue weighted by Gasteiger charge is 2.08. The molecular weight excluding hydrogens is 136 g/mol. The molecule has 0 spiro atoms. The van der Waals surface area contributed by atoms with E-state index in [2.05, 4.69) is 11.9 Å². The molecule has 65 valence electrons. The van der Waals surface area contributed by atoms with Gasteiger partial charge in [-0.15, -0.1) is 0 Å². The maximum atomic E-state index is 3.83. The first-order chi connectivity index (χ1) is 5.29. The van der Waals surface area contributed by atoms with Gasteiger partial charge >= 0.3 is 0 Å². The predicted octanol–water partition coefficient (Wildman–Crippen LogP) is 1.20. The van der Waals surface area contributed by atoms with Crippen LogP contribution in [-0.2, 0) is 0 Å². The molecule has 1 rings (SSSR count). The third kappa shape index (κ3) is 3.73. The fourth-order valence-corrected chi connectivity index (χ4v) is 1.50. The van der Waals surface area contributed by atoms with Crippen molar-refractivity contribution < 1.29 is 0 Å². The third-order valence-electron chi connectivity index (χ3n) is 2.25. The molecule has 1 saturated heterocycles. The first-order valence-corrected chi connectivity index (χ1v) is 4.53. The van der Waals surface area contributed by atoms with Crippen molar-refractivity contribution >= 4 is 0 Å². The lowest BCUT2D eigenvalue weighted by atomic mass is 10.1. The number of rotatable bonds is 3. The molecule has 1 aliphatic heterocycles. The molecule has 0 aromatic rings. The minimum Gasteiger partial charge on any atom is -0.304 e. The van der Waals surface area contributed by atoms with Crippen LogP contribution in [0.5, 0.6) is 0 Å². The van der Waals surface area contributed by atoms with Crippen LogP contribution in [0.15, 0.2) is 0 Å². The van der Waals surface area contributed by atoms with Gasteiger partial charge in [-0.3, -0.25) is 0 Å². The summed E-state index contributed by atoms with van der Waals surface area (Å²) < 4.78 is 0. The Morgan fingerprint density at radius 2 is 1.91 bits per heavy atom. The highest BCUT2D eigenvalue weighted by atomic mass is 15.2. The largest absolute Gasteiger partial charge is 0.304 e. The Morgan fingerprint density at radius 1 is 1.27 bits per heavy atom. The molecule has 11 heavy (non-hydrogen) atoms. The molecule has 2 heteroatoms. The summed E-state index contributed by atoms with van der Waals surface area (Å²) in [5, 5.41) is 0. The summed E-state index contributed by atoms with van der Waals surface area (Å²) in [5.74, 6) is 0. The highest BCUT2D eigenvalue weighted by molar-refractivity contribution is 4.65. The lowest BCUT2D eigenvalue weighted by molar-refractivity contribution is 0.211. The smallest absolute Gasteiger partial charge is 0.0109 e. The number of hydrogen-bond donors (Lipinski definition) is 0. The standard InChI is InChI=1S/C9H19N2/c1-10(2)8-9-11-6-4-3-5-7-11/h1,3-9H2,2H3. The van der Waals surface area contributed by atoms with Gasteiger partial charge in [0.25, 0.3) is 0 Å². The molecule has 1 radical (unpaired) electrons. The second-order valence-corrected chi connectivity index (χ2v) is 3.48. The number of nitrogens with zero attached hydrogens (tertiary/aromatic N) is 2. The summed E-state index contributed by atoms with van der Waals surface area (Å²) in [5.41, 5.74) is 0. The van der Waals surface area contributed by atoms with E-state index in [4.69, 9.17) is 0 Å². The van der Waals surface area contributed by atoms with Gasteiger partial charge in [-0.25, -0.2) is 0 Å². The fraction of sp³-hybridized carbons (Fsp3) is 0.889. The molecule has 2 nitrogen and oxygen atoms in total. The van der Waals surface area contributed by atoms with Crippen molar-refractivity contribution in [3.05, 3.63) is 7.05 Å². The van der Waals surface area contributed by atoms with Crippen molar-refractivity contribution in [2.45, 2.75) is 19.3 Å². The third-order valence-corrected chi connectivity index (χ3v) is 2.25. The Morgan fingerprint density at radius 3 is 2.45 bits per heavy atom. The normalized spacial score (nSPS) is 21.0. The minimum atomic E-state index is 1.10. The van der Waals surface area contributed by atoms with Crippen LogP contribution in [0.25, 0.3) is 0 Å². The topological polar surface area (TPSA) is 6.48 Å². The van der Waals surface area contributed by atoms with Crippen molar-refractivity contribution in [3.63, 3.8) is 0 Å². The molecule has 0 N–H and O–H groups in total. The minimum absolute atomic E-state index is 1.10. The molecule has 0 saturated carbocycles. The number of likely N-dealkylation sites (N-methyl/N-ethyl adjacent to an activating group) is 1. The second-order valence-electron chi connectivity index (χ2n) is 3.48. The zero-order chi connectivity index (χ0) is 8.10.